The highest BCUT2D eigenvalue weighted by molar-refractivity contribution is 5.96. The summed E-state index contributed by atoms with van der Waals surface area (Å²) in [7, 11) is 0.919. The van der Waals surface area contributed by atoms with Gasteiger partial charge in [0.1, 0.15) is 17.7 Å². The molecule has 1 aliphatic rings. The molecule has 0 radical (unpaired) electrons. The predicted molar refractivity (Wildman–Crippen MR) is 89.7 cm³/mol. The minimum Gasteiger partial charge on any atom is -0.467 e. The van der Waals surface area contributed by atoms with Crippen LogP contribution < -0.4 is 10.6 Å². The fraction of sp³-hybridized carbons (Fsp3) is 0.647. The number of methoxy groups -OCH3 is 1. The van der Waals surface area contributed by atoms with Gasteiger partial charge in [0.2, 0.25) is 0 Å². The van der Waals surface area contributed by atoms with Crippen LogP contribution in [-0.2, 0) is 28.7 Å². The zero-order valence-electron chi connectivity index (χ0n) is 15.9. The van der Waals surface area contributed by atoms with Crippen LogP contribution in [0.15, 0.2) is 11.8 Å². The van der Waals surface area contributed by atoms with Crippen molar-refractivity contribution in [1.29, 1.82) is 0 Å². The lowest BCUT2D eigenvalue weighted by Crippen LogP contribution is -2.48. The van der Waals surface area contributed by atoms with Crippen molar-refractivity contribution in [2.45, 2.75) is 63.9 Å². The van der Waals surface area contributed by atoms with Crippen LogP contribution in [0.1, 0.15) is 40.0 Å². The second kappa shape index (κ2) is 9.07. The Kier molecular flexibility index (Phi) is 7.59. The second-order valence-corrected chi connectivity index (χ2v) is 7.16. The Labute approximate surface area is 159 Å². The fourth-order valence-electron chi connectivity index (χ4n) is 2.36. The van der Waals surface area contributed by atoms with Gasteiger partial charge in [0.25, 0.3) is 0 Å². The molecule has 1 heterocycles. The van der Waals surface area contributed by atoms with Gasteiger partial charge in [-0.2, -0.15) is 13.2 Å². The Morgan fingerprint density at radius 3 is 2.36 bits per heavy atom. The van der Waals surface area contributed by atoms with E-state index in [4.69, 9.17) is 4.74 Å². The third-order valence-electron chi connectivity index (χ3n) is 3.54. The van der Waals surface area contributed by atoms with Crippen molar-refractivity contribution >= 4 is 23.6 Å². The van der Waals surface area contributed by atoms with E-state index in [1.807, 2.05) is 0 Å². The number of hydrogen-bond donors (Lipinski definition) is 2. The molecule has 2 N–H and O–H groups in total. The van der Waals surface area contributed by atoms with Gasteiger partial charge in [0, 0.05) is 18.2 Å². The molecule has 8 nitrogen and oxygen atoms in total. The minimum atomic E-state index is -5.21. The van der Waals surface area contributed by atoms with Crippen LogP contribution >= 0.6 is 0 Å². The smallest absolute Gasteiger partial charge is 0.467 e. The molecule has 1 amide bonds. The van der Waals surface area contributed by atoms with E-state index in [2.05, 4.69) is 10.1 Å². The minimum absolute atomic E-state index is 0.341. The zero-order chi connectivity index (χ0) is 21.7. The predicted octanol–water partition coefficient (Wildman–Crippen LogP) is 1.14. The van der Waals surface area contributed by atoms with Crippen molar-refractivity contribution in [2.75, 3.05) is 7.11 Å². The molecule has 2 atom stereocenters. The third-order valence-corrected chi connectivity index (χ3v) is 3.54. The van der Waals surface area contributed by atoms with Gasteiger partial charge < -0.3 is 20.1 Å². The molecule has 28 heavy (non-hydrogen) atoms. The lowest BCUT2D eigenvalue weighted by Gasteiger charge is -2.22. The molecule has 1 rings (SSSR count). The van der Waals surface area contributed by atoms with Crippen LogP contribution in [0.3, 0.4) is 0 Å². The SMILES string of the molecule is COC(=O)[C@H](CC(=O)/C=C1/CC[C@@H](C(=O)OC(C)(C)C)N1)NC(=O)C(F)(F)F. The van der Waals surface area contributed by atoms with E-state index in [1.165, 1.54) is 5.32 Å². The topological polar surface area (TPSA) is 111 Å². The Morgan fingerprint density at radius 1 is 1.25 bits per heavy atom. The lowest BCUT2D eigenvalue weighted by atomic mass is 10.1. The standard InChI is InChI=1S/C17H23F3N2O6/c1-16(2,3)28-14(25)11-6-5-9(21-11)7-10(23)8-12(13(24)27-4)22-15(26)17(18,19)20/h7,11-12,21H,5-6,8H2,1-4H3,(H,22,26)/b9-7-/t11-,12-/m0/s1. The molecule has 0 aromatic heterocycles. The number of rotatable bonds is 6. The van der Waals surface area contributed by atoms with E-state index in [0.717, 1.165) is 13.2 Å². The highest BCUT2D eigenvalue weighted by atomic mass is 19.4. The van der Waals surface area contributed by atoms with Crippen LogP contribution in [-0.4, -0.2) is 54.6 Å². The molecule has 0 spiro atoms. The van der Waals surface area contributed by atoms with Crippen molar-refractivity contribution in [2.24, 2.45) is 0 Å². The van der Waals surface area contributed by atoms with Gasteiger partial charge in [-0.15, -0.1) is 0 Å². The van der Waals surface area contributed by atoms with Crippen molar-refractivity contribution in [3.05, 3.63) is 11.8 Å². The molecule has 1 fully saturated rings. The van der Waals surface area contributed by atoms with Crippen LogP contribution in [0.5, 0.6) is 0 Å². The number of nitrogens with one attached hydrogen (secondary N) is 2. The number of hydrogen-bond acceptors (Lipinski definition) is 7. The second-order valence-electron chi connectivity index (χ2n) is 7.16. The van der Waals surface area contributed by atoms with Crippen molar-refractivity contribution in [1.82, 2.24) is 10.6 Å². The molecule has 0 aromatic carbocycles. The molecule has 0 saturated carbocycles. The fourth-order valence-corrected chi connectivity index (χ4v) is 2.36. The molecule has 0 unspecified atom stereocenters. The summed E-state index contributed by atoms with van der Waals surface area (Å²) >= 11 is 0. The molecule has 0 bridgehead atoms. The van der Waals surface area contributed by atoms with Crippen LogP contribution in [0.4, 0.5) is 13.2 Å². The van der Waals surface area contributed by atoms with Crippen molar-refractivity contribution in [3.63, 3.8) is 0 Å². The zero-order valence-corrected chi connectivity index (χ0v) is 15.9. The molecule has 0 aromatic rings. The normalized spacial score (nSPS) is 19.5. The van der Waals surface area contributed by atoms with Crippen LogP contribution in [0.25, 0.3) is 0 Å². The van der Waals surface area contributed by atoms with E-state index in [1.54, 1.807) is 20.8 Å². The molecule has 158 valence electrons. The van der Waals surface area contributed by atoms with Gasteiger partial charge in [0.15, 0.2) is 5.78 Å². The summed E-state index contributed by atoms with van der Waals surface area (Å²) in [5, 5.41) is 4.24. The maximum atomic E-state index is 12.4. The summed E-state index contributed by atoms with van der Waals surface area (Å²) in [6.07, 6.45) is -4.13. The van der Waals surface area contributed by atoms with Gasteiger partial charge in [-0.3, -0.25) is 9.59 Å². The summed E-state index contributed by atoms with van der Waals surface area (Å²) in [5.74, 6) is -4.75. The van der Waals surface area contributed by atoms with E-state index in [9.17, 15) is 32.3 Å². The van der Waals surface area contributed by atoms with Crippen LogP contribution in [0.2, 0.25) is 0 Å². The summed E-state index contributed by atoms with van der Waals surface area (Å²) in [6.45, 7) is 5.13. The van der Waals surface area contributed by atoms with Gasteiger partial charge in [0.05, 0.1) is 7.11 Å². The summed E-state index contributed by atoms with van der Waals surface area (Å²) < 4.78 is 46.6. The van der Waals surface area contributed by atoms with Gasteiger partial charge in [-0.1, -0.05) is 0 Å². The van der Waals surface area contributed by atoms with Gasteiger partial charge in [-0.05, 0) is 33.6 Å². The molecular formula is C17H23F3N2O6. The number of carbonyl (C=O) groups excluding carboxylic acids is 4. The Bertz CT molecular complexity index is 667. The first-order valence-corrected chi connectivity index (χ1v) is 8.41. The summed E-state index contributed by atoms with van der Waals surface area (Å²) in [6, 6.07) is -2.44. The number of esters is 2. The number of halogens is 3. The Balaban J connectivity index is 2.73. The van der Waals surface area contributed by atoms with Crippen molar-refractivity contribution in [3.8, 4) is 0 Å². The molecule has 1 aliphatic heterocycles. The molecule has 0 aliphatic carbocycles. The summed E-state index contributed by atoms with van der Waals surface area (Å²) in [4.78, 5) is 46.7. The highest BCUT2D eigenvalue weighted by Crippen LogP contribution is 2.20. The Hall–Kier alpha value is -2.59. The van der Waals surface area contributed by atoms with E-state index < -0.39 is 53.9 Å². The highest BCUT2D eigenvalue weighted by Gasteiger charge is 2.41. The maximum absolute atomic E-state index is 12.4. The van der Waals surface area contributed by atoms with Gasteiger partial charge >= 0.3 is 24.0 Å². The molecule has 1 saturated heterocycles. The van der Waals surface area contributed by atoms with E-state index >= 15 is 0 Å². The molecular weight excluding hydrogens is 385 g/mol. The number of ether oxygens (including phenoxy) is 2. The number of ketones is 1. The number of alkyl halides is 3. The third kappa shape index (κ3) is 7.57. The van der Waals surface area contributed by atoms with E-state index in [0.29, 0.717) is 18.5 Å². The number of carbonyl (C=O) groups is 4. The first-order chi connectivity index (χ1) is 12.7. The quantitative estimate of drug-likeness (QED) is 0.501. The lowest BCUT2D eigenvalue weighted by molar-refractivity contribution is -0.175. The average Bonchev–Trinajstić information content (AvgIpc) is 2.99. The first-order valence-electron chi connectivity index (χ1n) is 8.41. The first kappa shape index (κ1) is 23.4. The van der Waals surface area contributed by atoms with E-state index in [-0.39, 0.29) is 0 Å². The maximum Gasteiger partial charge on any atom is 0.471 e. The molecule has 11 heteroatoms. The number of allylic oxidation sites excluding steroid dienone is 2. The Morgan fingerprint density at radius 2 is 1.86 bits per heavy atom. The van der Waals surface area contributed by atoms with Gasteiger partial charge in [-0.25, -0.2) is 9.59 Å². The number of amides is 1. The monoisotopic (exact) mass is 408 g/mol. The van der Waals surface area contributed by atoms with Crippen molar-refractivity contribution < 1.29 is 41.8 Å². The van der Waals surface area contributed by atoms with Crippen LogP contribution in [0, 0.1) is 0 Å². The average molecular weight is 408 g/mol. The largest absolute Gasteiger partial charge is 0.471 e. The summed E-state index contributed by atoms with van der Waals surface area (Å²) in [5.41, 5.74) is -0.294.